The molecule has 0 aliphatic heterocycles. The predicted octanol–water partition coefficient (Wildman–Crippen LogP) is 3.24. The van der Waals surface area contributed by atoms with E-state index in [0.29, 0.717) is 5.25 Å². The van der Waals surface area contributed by atoms with Crippen molar-refractivity contribution >= 4 is 17.4 Å². The molecule has 0 bridgehead atoms. The monoisotopic (exact) mass is 193 g/mol. The van der Waals surface area contributed by atoms with Gasteiger partial charge in [-0.3, -0.25) is 0 Å². The van der Waals surface area contributed by atoms with Crippen molar-refractivity contribution in [1.29, 1.82) is 0 Å². The topological polar surface area (TPSA) is 26.0 Å². The van der Waals surface area contributed by atoms with Gasteiger partial charge in [0.1, 0.15) is 0 Å². The third-order valence-corrected chi connectivity index (χ3v) is 2.99. The Hall–Kier alpha value is -0.890. The van der Waals surface area contributed by atoms with E-state index in [-0.39, 0.29) is 0 Å². The lowest BCUT2D eigenvalue weighted by Gasteiger charge is -2.07. The number of aryl methyl sites for hydroxylation is 1. The summed E-state index contributed by atoms with van der Waals surface area (Å²) in [5.41, 5.74) is 7.72. The summed E-state index contributed by atoms with van der Waals surface area (Å²) in [7, 11) is 0. The van der Waals surface area contributed by atoms with E-state index in [1.165, 1.54) is 4.90 Å². The lowest BCUT2D eigenvalue weighted by atomic mass is 10.2. The van der Waals surface area contributed by atoms with E-state index in [2.05, 4.69) is 19.6 Å². The summed E-state index contributed by atoms with van der Waals surface area (Å²) in [5.74, 6) is 0. The van der Waals surface area contributed by atoms with Gasteiger partial charge in [0.05, 0.1) is 0 Å². The smallest absolute Gasteiger partial charge is 0.0344 e. The van der Waals surface area contributed by atoms with Crippen molar-refractivity contribution in [2.75, 3.05) is 5.73 Å². The first-order valence-corrected chi connectivity index (χ1v) is 5.17. The Bertz CT molecular complexity index is 307. The van der Waals surface area contributed by atoms with Crippen LogP contribution < -0.4 is 5.73 Å². The van der Waals surface area contributed by atoms with Crippen LogP contribution in [-0.4, -0.2) is 5.25 Å². The van der Waals surface area contributed by atoms with Gasteiger partial charge in [0.2, 0.25) is 0 Å². The first-order valence-electron chi connectivity index (χ1n) is 4.29. The Morgan fingerprint density at radius 3 is 2.77 bits per heavy atom. The average molecular weight is 193 g/mol. The Balaban J connectivity index is 2.79. The van der Waals surface area contributed by atoms with E-state index >= 15 is 0 Å². The van der Waals surface area contributed by atoms with Crippen LogP contribution in [0.3, 0.4) is 0 Å². The molecule has 0 aliphatic rings. The van der Waals surface area contributed by atoms with Crippen molar-refractivity contribution < 1.29 is 0 Å². The summed E-state index contributed by atoms with van der Waals surface area (Å²) < 4.78 is 0. The van der Waals surface area contributed by atoms with Crippen LogP contribution in [0.4, 0.5) is 5.69 Å². The summed E-state index contributed by atoms with van der Waals surface area (Å²) in [6.45, 7) is 7.91. The maximum absolute atomic E-state index is 5.72. The largest absolute Gasteiger partial charge is 0.399 e. The van der Waals surface area contributed by atoms with Gasteiger partial charge in [-0.2, -0.15) is 0 Å². The van der Waals surface area contributed by atoms with E-state index in [4.69, 9.17) is 5.73 Å². The Morgan fingerprint density at radius 2 is 2.23 bits per heavy atom. The highest BCUT2D eigenvalue weighted by Crippen LogP contribution is 2.26. The third-order valence-electron chi connectivity index (χ3n) is 1.90. The molecular weight excluding hydrogens is 178 g/mol. The highest BCUT2D eigenvalue weighted by atomic mass is 32.2. The molecule has 70 valence electrons. The summed E-state index contributed by atoms with van der Waals surface area (Å²) in [6, 6.07) is 6.11. The van der Waals surface area contributed by atoms with Crippen molar-refractivity contribution in [2.45, 2.75) is 24.0 Å². The van der Waals surface area contributed by atoms with Crippen molar-refractivity contribution in [1.82, 2.24) is 0 Å². The summed E-state index contributed by atoms with van der Waals surface area (Å²) in [6.07, 6.45) is 1.94. The molecule has 13 heavy (non-hydrogen) atoms. The molecule has 1 unspecified atom stereocenters. The molecule has 1 atom stereocenters. The van der Waals surface area contributed by atoms with Crippen LogP contribution >= 0.6 is 11.8 Å². The molecule has 0 saturated carbocycles. The summed E-state index contributed by atoms with van der Waals surface area (Å²) in [4.78, 5) is 1.25. The minimum Gasteiger partial charge on any atom is -0.399 e. The minimum atomic E-state index is 0.447. The molecule has 0 heterocycles. The number of rotatable bonds is 3. The lowest BCUT2D eigenvalue weighted by Crippen LogP contribution is -1.91. The number of benzene rings is 1. The second-order valence-electron chi connectivity index (χ2n) is 3.08. The van der Waals surface area contributed by atoms with Crippen LogP contribution in [0, 0.1) is 6.92 Å². The Labute approximate surface area is 84.0 Å². The molecule has 0 aliphatic carbocycles. The third kappa shape index (κ3) is 2.81. The normalized spacial score (nSPS) is 12.5. The van der Waals surface area contributed by atoms with E-state index in [9.17, 15) is 0 Å². The van der Waals surface area contributed by atoms with Gasteiger partial charge in [0, 0.05) is 15.8 Å². The Kier molecular flexibility index (Phi) is 3.43. The van der Waals surface area contributed by atoms with Gasteiger partial charge in [0.25, 0.3) is 0 Å². The van der Waals surface area contributed by atoms with E-state index < -0.39 is 0 Å². The quantitative estimate of drug-likeness (QED) is 0.453. The van der Waals surface area contributed by atoms with E-state index in [1.807, 2.05) is 25.1 Å². The van der Waals surface area contributed by atoms with Gasteiger partial charge >= 0.3 is 0 Å². The lowest BCUT2D eigenvalue weighted by molar-refractivity contribution is 1.24. The van der Waals surface area contributed by atoms with Crippen LogP contribution in [0.1, 0.15) is 12.5 Å². The Morgan fingerprint density at radius 1 is 1.54 bits per heavy atom. The first-order chi connectivity index (χ1) is 6.13. The molecule has 2 N–H and O–H groups in total. The molecule has 0 aromatic heterocycles. The fourth-order valence-electron chi connectivity index (χ4n) is 0.984. The van der Waals surface area contributed by atoms with Gasteiger partial charge in [0.15, 0.2) is 0 Å². The fourth-order valence-corrected chi connectivity index (χ4v) is 1.90. The van der Waals surface area contributed by atoms with Crippen LogP contribution in [0.5, 0.6) is 0 Å². The highest BCUT2D eigenvalue weighted by Gasteiger charge is 2.01. The van der Waals surface area contributed by atoms with Crippen LogP contribution in [0.15, 0.2) is 35.7 Å². The maximum Gasteiger partial charge on any atom is 0.0344 e. The zero-order valence-electron chi connectivity index (χ0n) is 8.08. The SMILES string of the molecule is C=CC(C)Sc1ccc(N)c(C)c1. The van der Waals surface area contributed by atoms with Gasteiger partial charge < -0.3 is 5.73 Å². The molecule has 0 saturated heterocycles. The molecular formula is C11H15NS. The molecule has 1 nitrogen and oxygen atoms in total. The van der Waals surface area contributed by atoms with Crippen LogP contribution in [-0.2, 0) is 0 Å². The number of nitrogen functional groups attached to an aromatic ring is 1. The second kappa shape index (κ2) is 4.38. The summed E-state index contributed by atoms with van der Waals surface area (Å²) in [5, 5.41) is 0.447. The number of hydrogen-bond donors (Lipinski definition) is 1. The molecule has 0 spiro atoms. The van der Waals surface area contributed by atoms with Crippen LogP contribution in [0.25, 0.3) is 0 Å². The van der Waals surface area contributed by atoms with Gasteiger partial charge in [-0.25, -0.2) is 0 Å². The fraction of sp³-hybridized carbons (Fsp3) is 0.273. The summed E-state index contributed by atoms with van der Waals surface area (Å²) >= 11 is 1.79. The van der Waals surface area contributed by atoms with Gasteiger partial charge in [-0.15, -0.1) is 18.3 Å². The standard InChI is InChI=1S/C11H15NS/c1-4-9(3)13-10-5-6-11(12)8(2)7-10/h4-7,9H,1,12H2,2-3H3. The highest BCUT2D eigenvalue weighted by molar-refractivity contribution is 8.00. The van der Waals surface area contributed by atoms with E-state index in [1.54, 1.807) is 11.8 Å². The van der Waals surface area contributed by atoms with Crippen molar-refractivity contribution in [3.8, 4) is 0 Å². The minimum absolute atomic E-state index is 0.447. The maximum atomic E-state index is 5.72. The van der Waals surface area contributed by atoms with Gasteiger partial charge in [-0.1, -0.05) is 6.08 Å². The predicted molar refractivity (Wildman–Crippen MR) is 61.1 cm³/mol. The second-order valence-corrected chi connectivity index (χ2v) is 4.53. The van der Waals surface area contributed by atoms with Crippen molar-refractivity contribution in [2.24, 2.45) is 0 Å². The molecule has 0 radical (unpaired) electrons. The molecule has 1 rings (SSSR count). The number of hydrogen-bond acceptors (Lipinski definition) is 2. The van der Waals surface area contributed by atoms with Crippen molar-refractivity contribution in [3.63, 3.8) is 0 Å². The van der Waals surface area contributed by atoms with Crippen molar-refractivity contribution in [3.05, 3.63) is 36.4 Å². The zero-order valence-corrected chi connectivity index (χ0v) is 8.90. The number of nitrogens with two attached hydrogens (primary N) is 1. The number of thioether (sulfide) groups is 1. The molecule has 1 aromatic carbocycles. The zero-order chi connectivity index (χ0) is 9.84. The average Bonchev–Trinajstić information content (AvgIpc) is 2.11. The first kappa shape index (κ1) is 10.2. The molecule has 1 aromatic rings. The molecule has 0 amide bonds. The van der Waals surface area contributed by atoms with Gasteiger partial charge in [-0.05, 0) is 37.6 Å². The van der Waals surface area contributed by atoms with E-state index in [0.717, 1.165) is 11.3 Å². The number of anilines is 1. The molecule has 2 heteroatoms. The van der Waals surface area contributed by atoms with Crippen LogP contribution in [0.2, 0.25) is 0 Å². The molecule has 0 fully saturated rings.